The molecule has 1 saturated heterocycles. The number of carbonyl (C=O) groups excluding carboxylic acids is 4. The third-order valence-corrected chi connectivity index (χ3v) is 4.68. The predicted octanol–water partition coefficient (Wildman–Crippen LogP) is 0.865. The second-order valence-electron chi connectivity index (χ2n) is 7.24. The Morgan fingerprint density at radius 1 is 0.824 bits per heavy atom. The van der Waals surface area contributed by atoms with Crippen LogP contribution in [0.3, 0.4) is 0 Å². The minimum absolute atomic E-state index is 0.111. The van der Waals surface area contributed by atoms with Gasteiger partial charge in [-0.2, -0.15) is 0 Å². The van der Waals surface area contributed by atoms with Gasteiger partial charge < -0.3 is 32.8 Å². The van der Waals surface area contributed by atoms with E-state index in [0.717, 1.165) is 27.9 Å². The summed E-state index contributed by atoms with van der Waals surface area (Å²) in [4.78, 5) is 59.3. The van der Waals surface area contributed by atoms with Crippen LogP contribution in [-0.2, 0) is 42.9 Å². The second kappa shape index (κ2) is 10.3. The van der Waals surface area contributed by atoms with Crippen LogP contribution < -0.4 is 10.4 Å². The predicted molar refractivity (Wildman–Crippen MR) is 110 cm³/mol. The lowest BCUT2D eigenvalue weighted by Crippen LogP contribution is -2.64. The highest BCUT2D eigenvalue weighted by Gasteiger charge is 2.55. The molecule has 2 aromatic rings. The van der Waals surface area contributed by atoms with Crippen LogP contribution in [0.15, 0.2) is 39.5 Å². The van der Waals surface area contributed by atoms with Gasteiger partial charge in [-0.15, -0.1) is 0 Å². The van der Waals surface area contributed by atoms with E-state index in [1.807, 2.05) is 0 Å². The van der Waals surface area contributed by atoms with Crippen molar-refractivity contribution in [2.45, 2.75) is 51.5 Å². The van der Waals surface area contributed by atoms with Crippen molar-refractivity contribution in [1.29, 1.82) is 0 Å². The van der Waals surface area contributed by atoms with Crippen molar-refractivity contribution in [3.63, 3.8) is 0 Å². The van der Waals surface area contributed by atoms with Gasteiger partial charge in [0.15, 0.2) is 18.3 Å². The Morgan fingerprint density at radius 3 is 2.03 bits per heavy atom. The lowest BCUT2D eigenvalue weighted by molar-refractivity contribution is -0.282. The molecule has 12 heteroatoms. The third kappa shape index (κ3) is 5.70. The van der Waals surface area contributed by atoms with Crippen molar-refractivity contribution < 1.29 is 52.0 Å². The summed E-state index contributed by atoms with van der Waals surface area (Å²) in [6, 6.07) is 7.31. The van der Waals surface area contributed by atoms with Crippen LogP contribution in [0.25, 0.3) is 11.0 Å². The fraction of sp³-hybridized carbons (Fsp3) is 0.409. The number of rotatable bonds is 6. The molecular weight excluding hydrogens is 456 g/mol. The summed E-state index contributed by atoms with van der Waals surface area (Å²) in [5.41, 5.74) is -0.384. The zero-order chi connectivity index (χ0) is 25.0. The summed E-state index contributed by atoms with van der Waals surface area (Å²) in [5.74, 6) is -3.26. The van der Waals surface area contributed by atoms with Crippen LogP contribution in [0.1, 0.15) is 20.8 Å². The Balaban J connectivity index is 2.04. The molecule has 182 valence electrons. The van der Waals surface area contributed by atoms with Crippen molar-refractivity contribution >= 4 is 34.8 Å². The number of ether oxygens (including phenoxy) is 6. The maximum atomic E-state index is 12.4. The molecule has 1 aromatic carbocycles. The monoisotopic (exact) mass is 478 g/mol. The Labute approximate surface area is 192 Å². The highest BCUT2D eigenvalue weighted by atomic mass is 16.7. The first kappa shape index (κ1) is 24.7. The van der Waals surface area contributed by atoms with Crippen molar-refractivity contribution in [2.24, 2.45) is 0 Å². The van der Waals surface area contributed by atoms with E-state index in [1.54, 1.807) is 12.1 Å². The minimum atomic E-state index is -1.59. The van der Waals surface area contributed by atoms with Gasteiger partial charge in [0.05, 0.1) is 7.11 Å². The zero-order valence-corrected chi connectivity index (χ0v) is 18.7. The molecule has 5 atom stereocenters. The van der Waals surface area contributed by atoms with Gasteiger partial charge in [0.25, 0.3) is 0 Å². The van der Waals surface area contributed by atoms with Crippen molar-refractivity contribution in [3.8, 4) is 5.75 Å². The summed E-state index contributed by atoms with van der Waals surface area (Å²) in [6.07, 6.45) is -7.55. The van der Waals surface area contributed by atoms with E-state index in [9.17, 15) is 24.0 Å². The highest BCUT2D eigenvalue weighted by Crippen LogP contribution is 2.32. The van der Waals surface area contributed by atoms with Gasteiger partial charge in [-0.25, -0.2) is 9.59 Å². The van der Waals surface area contributed by atoms with E-state index < -0.39 is 60.2 Å². The van der Waals surface area contributed by atoms with Gasteiger partial charge in [-0.05, 0) is 18.2 Å². The molecule has 1 aliphatic rings. The Hall–Kier alpha value is -3.93. The first-order valence-electron chi connectivity index (χ1n) is 10.0. The number of hydrogen-bond acceptors (Lipinski definition) is 12. The fourth-order valence-electron chi connectivity index (χ4n) is 3.42. The molecule has 12 nitrogen and oxygen atoms in total. The van der Waals surface area contributed by atoms with Crippen molar-refractivity contribution in [1.82, 2.24) is 0 Å². The molecule has 1 aliphatic heterocycles. The maximum Gasteiger partial charge on any atom is 0.339 e. The van der Waals surface area contributed by atoms with Crippen LogP contribution in [-0.4, -0.2) is 61.7 Å². The normalized spacial score (nSPS) is 24.1. The largest absolute Gasteiger partial charge is 0.467 e. The lowest BCUT2D eigenvalue weighted by Gasteiger charge is -2.43. The summed E-state index contributed by atoms with van der Waals surface area (Å²) in [6.45, 7) is 3.25. The van der Waals surface area contributed by atoms with Crippen LogP contribution in [0.4, 0.5) is 0 Å². The van der Waals surface area contributed by atoms with Gasteiger partial charge in [0.1, 0.15) is 11.3 Å². The van der Waals surface area contributed by atoms with Crippen molar-refractivity contribution in [3.05, 3.63) is 40.8 Å². The van der Waals surface area contributed by atoms with Gasteiger partial charge in [0.2, 0.25) is 12.4 Å². The molecule has 34 heavy (non-hydrogen) atoms. The molecule has 0 unspecified atom stereocenters. The molecular formula is C22H22O12. The molecule has 0 aliphatic carbocycles. The molecule has 2 heterocycles. The summed E-state index contributed by atoms with van der Waals surface area (Å²) < 4.78 is 37.1. The zero-order valence-electron chi connectivity index (χ0n) is 18.7. The number of hydrogen-bond donors (Lipinski definition) is 0. The average Bonchev–Trinajstić information content (AvgIpc) is 2.75. The van der Waals surface area contributed by atoms with Gasteiger partial charge in [-0.3, -0.25) is 14.4 Å². The lowest BCUT2D eigenvalue weighted by atomic mass is 9.97. The molecule has 0 spiro atoms. The molecule has 0 radical (unpaired) electrons. The number of carbonyl (C=O) groups is 4. The van der Waals surface area contributed by atoms with Crippen molar-refractivity contribution in [2.75, 3.05) is 7.11 Å². The summed E-state index contributed by atoms with van der Waals surface area (Å²) in [5, 5.41) is 0.605. The summed E-state index contributed by atoms with van der Waals surface area (Å²) in [7, 11) is 1.08. The van der Waals surface area contributed by atoms with Gasteiger partial charge >= 0.3 is 29.5 Å². The molecule has 0 amide bonds. The number of esters is 4. The molecule has 3 rings (SSSR count). The third-order valence-electron chi connectivity index (χ3n) is 4.68. The molecule has 1 aromatic heterocycles. The molecule has 1 fully saturated rings. The molecule has 0 bridgehead atoms. The number of methoxy groups -OCH3 is 1. The first-order chi connectivity index (χ1) is 16.1. The van der Waals surface area contributed by atoms with Crippen LogP contribution >= 0.6 is 0 Å². The SMILES string of the molecule is COC(=O)[C@@H]1O[C@H](Oc2ccc3ccc(=O)oc3c2)[C@@H](OC(C)=O)[C@H](OC(C)=O)[C@H]1OC(C)=O. The maximum absolute atomic E-state index is 12.4. The Kier molecular flexibility index (Phi) is 7.51. The van der Waals surface area contributed by atoms with E-state index >= 15 is 0 Å². The van der Waals surface area contributed by atoms with E-state index in [-0.39, 0.29) is 11.3 Å². The van der Waals surface area contributed by atoms with E-state index in [2.05, 4.69) is 0 Å². The Bertz CT molecular complexity index is 1150. The topological polar surface area (TPSA) is 154 Å². The quantitative estimate of drug-likeness (QED) is 0.329. The molecule has 0 N–H and O–H groups in total. The number of fused-ring (bicyclic) bond motifs is 1. The van der Waals surface area contributed by atoms with Gasteiger partial charge in [-0.1, -0.05) is 0 Å². The number of benzene rings is 1. The standard InChI is InChI=1S/C22H22O12/c1-10(23)29-17-18(30-11(2)24)20(31-12(3)25)22(34-19(17)21(27)28-4)32-14-7-5-13-6-8-16(26)33-15(13)9-14/h5-9,17-20,22H,1-4H3/t17-,18-,19-,20+,22+/m1/s1. The average molecular weight is 478 g/mol. The van der Waals surface area contributed by atoms with Gasteiger partial charge in [0, 0.05) is 38.3 Å². The van der Waals surface area contributed by atoms with Crippen LogP contribution in [0, 0.1) is 0 Å². The summed E-state index contributed by atoms with van der Waals surface area (Å²) >= 11 is 0. The first-order valence-corrected chi connectivity index (χ1v) is 10.0. The fourth-order valence-corrected chi connectivity index (χ4v) is 3.42. The van der Waals surface area contributed by atoms with E-state index in [0.29, 0.717) is 5.39 Å². The second-order valence-corrected chi connectivity index (χ2v) is 7.24. The van der Waals surface area contributed by atoms with E-state index in [1.165, 1.54) is 18.2 Å². The van der Waals surface area contributed by atoms with Crippen LogP contribution in [0.5, 0.6) is 5.75 Å². The van der Waals surface area contributed by atoms with Crippen LogP contribution in [0.2, 0.25) is 0 Å². The highest BCUT2D eigenvalue weighted by molar-refractivity contribution is 5.78. The molecule has 0 saturated carbocycles. The minimum Gasteiger partial charge on any atom is -0.467 e. The smallest absolute Gasteiger partial charge is 0.339 e. The van der Waals surface area contributed by atoms with E-state index in [4.69, 9.17) is 32.8 Å². The Morgan fingerprint density at radius 2 is 1.41 bits per heavy atom.